The zero-order valence-corrected chi connectivity index (χ0v) is 16.5. The minimum absolute atomic E-state index is 0.179. The Morgan fingerprint density at radius 3 is 2.64 bits per heavy atom. The molecule has 0 fully saturated rings. The molecule has 0 bridgehead atoms. The van der Waals surface area contributed by atoms with E-state index in [-0.39, 0.29) is 5.91 Å². The van der Waals surface area contributed by atoms with Gasteiger partial charge in [0.25, 0.3) is 5.91 Å². The summed E-state index contributed by atoms with van der Waals surface area (Å²) in [6.45, 7) is 2.45. The highest BCUT2D eigenvalue weighted by atomic mass is 127. The smallest absolute Gasteiger partial charge is 0.255 e. The van der Waals surface area contributed by atoms with Crippen LogP contribution in [0.4, 0.5) is 5.69 Å². The lowest BCUT2D eigenvalue weighted by atomic mass is 10.2. The normalized spacial score (nSPS) is 10.2. The fourth-order valence-corrected chi connectivity index (χ4v) is 3.20. The molecule has 0 unspecified atom stereocenters. The molecule has 0 aromatic heterocycles. The molecule has 0 aliphatic heterocycles. The van der Waals surface area contributed by atoms with Gasteiger partial charge in [-0.05, 0) is 82.4 Å². The van der Waals surface area contributed by atoms with E-state index in [1.54, 1.807) is 19.2 Å². The second kappa shape index (κ2) is 8.00. The minimum Gasteiger partial charge on any atom is -0.493 e. The van der Waals surface area contributed by atoms with Gasteiger partial charge in [0.05, 0.1) is 17.3 Å². The summed E-state index contributed by atoms with van der Waals surface area (Å²) >= 11 is 4.35. The maximum Gasteiger partial charge on any atom is 0.255 e. The summed E-state index contributed by atoms with van der Waals surface area (Å²) in [7, 11) is 1.56. The van der Waals surface area contributed by atoms with Crippen LogP contribution in [0.3, 0.4) is 0 Å². The first-order chi connectivity index (χ1) is 10.5. The molecule has 6 heteroatoms. The van der Waals surface area contributed by atoms with Gasteiger partial charge in [-0.25, -0.2) is 0 Å². The van der Waals surface area contributed by atoms with Crippen molar-refractivity contribution >= 4 is 56.8 Å². The van der Waals surface area contributed by atoms with Crippen molar-refractivity contribution in [2.75, 3.05) is 19.0 Å². The summed E-state index contributed by atoms with van der Waals surface area (Å²) in [5, 5.41) is 2.89. The van der Waals surface area contributed by atoms with E-state index >= 15 is 0 Å². The number of amides is 1. The number of hydrogen-bond acceptors (Lipinski definition) is 3. The predicted molar refractivity (Wildman–Crippen MR) is 104 cm³/mol. The highest BCUT2D eigenvalue weighted by molar-refractivity contribution is 14.1. The van der Waals surface area contributed by atoms with Crippen LogP contribution in [0.1, 0.15) is 17.3 Å². The van der Waals surface area contributed by atoms with E-state index in [2.05, 4.69) is 50.5 Å². The van der Waals surface area contributed by atoms with Gasteiger partial charge < -0.3 is 14.8 Å². The molecule has 0 saturated carbocycles. The molecule has 0 atom stereocenters. The van der Waals surface area contributed by atoms with Crippen LogP contribution < -0.4 is 14.8 Å². The van der Waals surface area contributed by atoms with Crippen molar-refractivity contribution in [3.05, 3.63) is 49.1 Å². The van der Waals surface area contributed by atoms with Gasteiger partial charge in [-0.3, -0.25) is 4.79 Å². The Labute approximate surface area is 156 Å². The molecular formula is C16H15I2NO3. The molecule has 22 heavy (non-hydrogen) atoms. The highest BCUT2D eigenvalue weighted by Crippen LogP contribution is 2.34. The van der Waals surface area contributed by atoms with Crippen LogP contribution in [0.25, 0.3) is 0 Å². The monoisotopic (exact) mass is 523 g/mol. The third-order valence-corrected chi connectivity index (χ3v) is 4.34. The van der Waals surface area contributed by atoms with Gasteiger partial charge in [0.2, 0.25) is 0 Å². The second-order valence-electron chi connectivity index (χ2n) is 4.39. The van der Waals surface area contributed by atoms with Crippen LogP contribution in [-0.2, 0) is 0 Å². The van der Waals surface area contributed by atoms with E-state index in [1.165, 1.54) is 0 Å². The van der Waals surface area contributed by atoms with Gasteiger partial charge in [0.1, 0.15) is 0 Å². The van der Waals surface area contributed by atoms with E-state index in [1.807, 2.05) is 31.2 Å². The van der Waals surface area contributed by atoms with Gasteiger partial charge in [0, 0.05) is 14.8 Å². The zero-order chi connectivity index (χ0) is 16.1. The van der Waals surface area contributed by atoms with Crippen LogP contribution in [0.5, 0.6) is 11.5 Å². The molecule has 2 aromatic carbocycles. The Morgan fingerprint density at radius 2 is 2.00 bits per heavy atom. The molecule has 2 rings (SSSR count). The summed E-state index contributed by atoms with van der Waals surface area (Å²) in [6, 6.07) is 11.1. The van der Waals surface area contributed by atoms with Crippen LogP contribution in [0.2, 0.25) is 0 Å². The standard InChI is InChI=1S/C16H15I2NO3/c1-3-22-15-13(18)7-10(8-14(15)21-2)16(20)19-12-6-4-5-11(17)9-12/h4-9H,3H2,1-2H3,(H,19,20). The quantitative estimate of drug-likeness (QED) is 0.586. The van der Waals surface area contributed by atoms with Crippen LogP contribution >= 0.6 is 45.2 Å². The summed E-state index contributed by atoms with van der Waals surface area (Å²) < 4.78 is 12.8. The topological polar surface area (TPSA) is 47.6 Å². The Hall–Kier alpha value is -1.03. The van der Waals surface area contributed by atoms with Gasteiger partial charge in [0.15, 0.2) is 11.5 Å². The van der Waals surface area contributed by atoms with Gasteiger partial charge in [-0.15, -0.1) is 0 Å². The first-order valence-corrected chi connectivity index (χ1v) is 8.78. The number of hydrogen-bond donors (Lipinski definition) is 1. The van der Waals surface area contributed by atoms with Crippen molar-refractivity contribution in [3.63, 3.8) is 0 Å². The number of carbonyl (C=O) groups is 1. The molecule has 4 nitrogen and oxygen atoms in total. The van der Waals surface area contributed by atoms with Gasteiger partial charge in [-0.2, -0.15) is 0 Å². The number of methoxy groups -OCH3 is 1. The van der Waals surface area contributed by atoms with Crippen molar-refractivity contribution in [2.45, 2.75) is 6.92 Å². The zero-order valence-electron chi connectivity index (χ0n) is 12.2. The molecule has 2 aromatic rings. The SMILES string of the molecule is CCOc1c(I)cc(C(=O)Nc2cccc(I)c2)cc1OC. The number of ether oxygens (including phenoxy) is 2. The molecule has 1 amide bonds. The van der Waals surface area contributed by atoms with Gasteiger partial charge in [-0.1, -0.05) is 6.07 Å². The fraction of sp³-hybridized carbons (Fsp3) is 0.188. The first-order valence-electron chi connectivity index (χ1n) is 6.62. The molecule has 0 heterocycles. The van der Waals surface area contributed by atoms with Crippen molar-refractivity contribution in [1.29, 1.82) is 0 Å². The number of benzene rings is 2. The average molecular weight is 523 g/mol. The Kier molecular flexibility index (Phi) is 6.30. The largest absolute Gasteiger partial charge is 0.493 e. The van der Waals surface area contributed by atoms with E-state index in [0.717, 1.165) is 12.8 Å². The summed E-state index contributed by atoms with van der Waals surface area (Å²) in [5.41, 5.74) is 1.29. The number of halogens is 2. The lowest BCUT2D eigenvalue weighted by molar-refractivity contribution is 0.102. The van der Waals surface area contributed by atoms with Crippen LogP contribution in [-0.4, -0.2) is 19.6 Å². The van der Waals surface area contributed by atoms with Crippen molar-refractivity contribution in [2.24, 2.45) is 0 Å². The molecule has 0 aliphatic rings. The second-order valence-corrected chi connectivity index (χ2v) is 6.79. The Morgan fingerprint density at radius 1 is 1.23 bits per heavy atom. The number of carbonyl (C=O) groups excluding carboxylic acids is 1. The van der Waals surface area contributed by atoms with E-state index in [0.29, 0.717) is 23.7 Å². The minimum atomic E-state index is -0.179. The van der Waals surface area contributed by atoms with E-state index < -0.39 is 0 Å². The maximum absolute atomic E-state index is 12.4. The molecule has 0 spiro atoms. The molecular weight excluding hydrogens is 508 g/mol. The predicted octanol–water partition coefficient (Wildman–Crippen LogP) is 4.56. The van der Waals surface area contributed by atoms with Crippen LogP contribution in [0.15, 0.2) is 36.4 Å². The van der Waals surface area contributed by atoms with Gasteiger partial charge >= 0.3 is 0 Å². The summed E-state index contributed by atoms with van der Waals surface area (Å²) in [6.07, 6.45) is 0. The third-order valence-electron chi connectivity index (χ3n) is 2.86. The molecule has 116 valence electrons. The molecule has 0 radical (unpaired) electrons. The number of rotatable bonds is 5. The Balaban J connectivity index is 2.28. The number of anilines is 1. The van der Waals surface area contributed by atoms with E-state index in [4.69, 9.17) is 9.47 Å². The van der Waals surface area contributed by atoms with Crippen LogP contribution in [0, 0.1) is 7.14 Å². The fourth-order valence-electron chi connectivity index (χ4n) is 1.90. The lowest BCUT2D eigenvalue weighted by Crippen LogP contribution is -2.13. The van der Waals surface area contributed by atoms with Crippen molar-refractivity contribution < 1.29 is 14.3 Å². The maximum atomic E-state index is 12.4. The molecule has 0 aliphatic carbocycles. The first kappa shape index (κ1) is 17.3. The molecule has 1 N–H and O–H groups in total. The third kappa shape index (κ3) is 4.25. The summed E-state index contributed by atoms with van der Waals surface area (Å²) in [5.74, 6) is 1.04. The highest BCUT2D eigenvalue weighted by Gasteiger charge is 2.15. The van der Waals surface area contributed by atoms with E-state index in [9.17, 15) is 4.79 Å². The average Bonchev–Trinajstić information content (AvgIpc) is 2.49. The van der Waals surface area contributed by atoms with Crippen molar-refractivity contribution in [3.8, 4) is 11.5 Å². The number of nitrogens with one attached hydrogen (secondary N) is 1. The van der Waals surface area contributed by atoms with Crippen molar-refractivity contribution in [1.82, 2.24) is 0 Å². The summed E-state index contributed by atoms with van der Waals surface area (Å²) in [4.78, 5) is 12.4. The molecule has 0 saturated heterocycles. The lowest BCUT2D eigenvalue weighted by Gasteiger charge is -2.13. The Bertz CT molecular complexity index is 689.